The quantitative estimate of drug-likeness (QED) is 0.792. The number of nitrogens with zero attached hydrogens (tertiary/aromatic N) is 2. The van der Waals surface area contributed by atoms with Crippen LogP contribution in [0.15, 0.2) is 24.3 Å². The number of benzene rings is 1. The lowest BCUT2D eigenvalue weighted by Gasteiger charge is -2.32. The highest BCUT2D eigenvalue weighted by atomic mass is 19.1. The molecule has 0 spiro atoms. The van der Waals surface area contributed by atoms with Crippen LogP contribution in [0, 0.1) is 17.7 Å². The normalized spacial score (nSPS) is 22.9. The number of hydrogen-bond donors (Lipinski definition) is 1. The van der Waals surface area contributed by atoms with E-state index in [2.05, 4.69) is 5.32 Å². The highest BCUT2D eigenvalue weighted by Gasteiger charge is 2.49. The van der Waals surface area contributed by atoms with E-state index in [0.717, 1.165) is 6.41 Å². The largest absolute Gasteiger partial charge is 0.352 e. The summed E-state index contributed by atoms with van der Waals surface area (Å²) >= 11 is 0. The number of rotatable bonds is 5. The van der Waals surface area contributed by atoms with Crippen molar-refractivity contribution in [1.29, 1.82) is 0 Å². The van der Waals surface area contributed by atoms with Gasteiger partial charge in [0, 0.05) is 38.3 Å². The van der Waals surface area contributed by atoms with E-state index >= 15 is 0 Å². The number of nitrogens with one attached hydrogen (secondary N) is 1. The molecule has 0 radical (unpaired) electrons. The molecule has 1 aromatic carbocycles. The monoisotopic (exact) mass is 333 g/mol. The molecule has 2 unspecified atom stereocenters. The van der Waals surface area contributed by atoms with Gasteiger partial charge in [0.1, 0.15) is 5.82 Å². The molecule has 0 bridgehead atoms. The Bertz CT molecular complexity index is 644. The fourth-order valence-electron chi connectivity index (χ4n) is 3.00. The van der Waals surface area contributed by atoms with Crippen LogP contribution >= 0.6 is 0 Å². The molecule has 6 nitrogen and oxygen atoms in total. The van der Waals surface area contributed by atoms with Crippen LogP contribution in [0.4, 0.5) is 4.39 Å². The Morgan fingerprint density at radius 1 is 1.17 bits per heavy atom. The number of carbonyl (C=O) groups is 3. The maximum absolute atomic E-state index is 13.5. The van der Waals surface area contributed by atoms with Gasteiger partial charge in [0.2, 0.25) is 18.2 Å². The van der Waals surface area contributed by atoms with E-state index in [1.807, 2.05) is 0 Å². The number of piperazine rings is 1. The van der Waals surface area contributed by atoms with Crippen molar-refractivity contribution >= 4 is 18.2 Å². The van der Waals surface area contributed by atoms with Gasteiger partial charge in [-0.05, 0) is 12.5 Å². The third-order valence-corrected chi connectivity index (χ3v) is 4.63. The van der Waals surface area contributed by atoms with E-state index in [4.69, 9.17) is 0 Å². The van der Waals surface area contributed by atoms with Crippen molar-refractivity contribution in [1.82, 2.24) is 15.1 Å². The zero-order valence-electron chi connectivity index (χ0n) is 13.3. The molecule has 3 rings (SSSR count). The number of halogens is 1. The molecule has 1 saturated carbocycles. The van der Waals surface area contributed by atoms with Crippen LogP contribution in [0.1, 0.15) is 12.0 Å². The first-order valence-electron chi connectivity index (χ1n) is 8.09. The van der Waals surface area contributed by atoms with Crippen molar-refractivity contribution in [2.24, 2.45) is 11.8 Å². The Morgan fingerprint density at radius 3 is 2.54 bits per heavy atom. The fourth-order valence-corrected chi connectivity index (χ4v) is 3.00. The summed E-state index contributed by atoms with van der Waals surface area (Å²) in [4.78, 5) is 38.5. The van der Waals surface area contributed by atoms with Crippen LogP contribution in [0.25, 0.3) is 0 Å². The highest BCUT2D eigenvalue weighted by Crippen LogP contribution is 2.40. The van der Waals surface area contributed by atoms with Crippen molar-refractivity contribution in [3.63, 3.8) is 0 Å². The Balaban J connectivity index is 1.46. The minimum Gasteiger partial charge on any atom is -0.352 e. The molecular weight excluding hydrogens is 313 g/mol. The molecule has 24 heavy (non-hydrogen) atoms. The van der Waals surface area contributed by atoms with Gasteiger partial charge in [0.05, 0.1) is 11.8 Å². The smallest absolute Gasteiger partial charge is 0.226 e. The summed E-state index contributed by atoms with van der Waals surface area (Å²) in [6.07, 6.45) is 1.33. The molecular formula is C17H20FN3O3. The average Bonchev–Trinajstić information content (AvgIpc) is 3.41. The zero-order valence-corrected chi connectivity index (χ0v) is 13.3. The lowest BCUT2D eigenvalue weighted by atomic mass is 10.2. The topological polar surface area (TPSA) is 69.7 Å². The van der Waals surface area contributed by atoms with E-state index in [1.54, 1.807) is 28.0 Å². The van der Waals surface area contributed by atoms with Gasteiger partial charge >= 0.3 is 0 Å². The van der Waals surface area contributed by atoms with Crippen LogP contribution in [0.5, 0.6) is 0 Å². The molecule has 1 aliphatic heterocycles. The summed E-state index contributed by atoms with van der Waals surface area (Å²) < 4.78 is 13.5. The molecule has 7 heteroatoms. The molecule has 0 aromatic heterocycles. The maximum atomic E-state index is 13.5. The second-order valence-electron chi connectivity index (χ2n) is 6.22. The van der Waals surface area contributed by atoms with Crippen LogP contribution in [-0.4, -0.2) is 54.2 Å². The minimum absolute atomic E-state index is 0.0217. The first kappa shape index (κ1) is 16.4. The van der Waals surface area contributed by atoms with Crippen LogP contribution in [-0.2, 0) is 20.9 Å². The second-order valence-corrected chi connectivity index (χ2v) is 6.22. The third-order valence-electron chi connectivity index (χ3n) is 4.63. The van der Waals surface area contributed by atoms with Crippen LogP contribution in [0.3, 0.4) is 0 Å². The SMILES string of the molecule is O=CN1CCN(C(=O)C2CC2C(=O)NCc2ccccc2F)CC1. The van der Waals surface area contributed by atoms with Gasteiger partial charge in [-0.3, -0.25) is 14.4 Å². The Kier molecular flexibility index (Phi) is 4.78. The lowest BCUT2D eigenvalue weighted by molar-refractivity contribution is -0.137. The molecule has 1 N–H and O–H groups in total. The van der Waals surface area contributed by atoms with Gasteiger partial charge in [-0.15, -0.1) is 0 Å². The number of amides is 3. The second kappa shape index (κ2) is 6.98. The summed E-state index contributed by atoms with van der Waals surface area (Å²) in [6, 6.07) is 6.29. The first-order chi connectivity index (χ1) is 11.6. The van der Waals surface area contributed by atoms with Crippen molar-refractivity contribution < 1.29 is 18.8 Å². The summed E-state index contributed by atoms with van der Waals surface area (Å²) in [5.74, 6) is -1.19. The molecule has 1 saturated heterocycles. The molecule has 1 heterocycles. The predicted molar refractivity (Wildman–Crippen MR) is 84.1 cm³/mol. The lowest BCUT2D eigenvalue weighted by Crippen LogP contribution is -2.48. The Morgan fingerprint density at radius 2 is 1.88 bits per heavy atom. The molecule has 1 aromatic rings. The van der Waals surface area contributed by atoms with Gasteiger partial charge in [-0.1, -0.05) is 18.2 Å². The molecule has 1 aliphatic carbocycles. The summed E-state index contributed by atoms with van der Waals surface area (Å²) in [6.45, 7) is 2.22. The van der Waals surface area contributed by atoms with E-state index < -0.39 is 0 Å². The zero-order chi connectivity index (χ0) is 17.1. The standard InChI is InChI=1S/C17H20FN3O3/c18-15-4-2-1-3-12(15)10-19-16(23)13-9-14(13)17(24)21-7-5-20(11-22)6-8-21/h1-4,11,13-14H,5-10H2,(H,19,23). The summed E-state index contributed by atoms with van der Waals surface area (Å²) in [5.41, 5.74) is 0.430. The van der Waals surface area contributed by atoms with Gasteiger partial charge in [-0.25, -0.2) is 4.39 Å². The third kappa shape index (κ3) is 3.55. The average molecular weight is 333 g/mol. The van der Waals surface area contributed by atoms with Gasteiger partial charge < -0.3 is 15.1 Å². The van der Waals surface area contributed by atoms with E-state index in [0.29, 0.717) is 38.2 Å². The Hall–Kier alpha value is -2.44. The van der Waals surface area contributed by atoms with Gasteiger partial charge in [0.25, 0.3) is 0 Å². The van der Waals surface area contributed by atoms with Gasteiger partial charge in [0.15, 0.2) is 0 Å². The minimum atomic E-state index is -0.353. The van der Waals surface area contributed by atoms with E-state index in [1.165, 1.54) is 6.07 Å². The van der Waals surface area contributed by atoms with Crippen molar-refractivity contribution in [3.05, 3.63) is 35.6 Å². The molecule has 2 atom stereocenters. The molecule has 3 amide bonds. The molecule has 128 valence electrons. The predicted octanol–water partition coefficient (Wildman–Crippen LogP) is 0.379. The van der Waals surface area contributed by atoms with E-state index in [-0.39, 0.29) is 36.0 Å². The summed E-state index contributed by atoms with van der Waals surface area (Å²) in [7, 11) is 0. The number of carbonyl (C=O) groups excluding carboxylic acids is 3. The Labute approximate surface area is 139 Å². The highest BCUT2D eigenvalue weighted by molar-refractivity contribution is 5.92. The number of hydrogen-bond acceptors (Lipinski definition) is 3. The summed E-state index contributed by atoms with van der Waals surface area (Å²) in [5, 5.41) is 2.70. The van der Waals surface area contributed by atoms with Gasteiger partial charge in [-0.2, -0.15) is 0 Å². The van der Waals surface area contributed by atoms with Crippen LogP contribution in [0.2, 0.25) is 0 Å². The van der Waals surface area contributed by atoms with Crippen molar-refractivity contribution in [2.75, 3.05) is 26.2 Å². The van der Waals surface area contributed by atoms with Crippen molar-refractivity contribution in [2.45, 2.75) is 13.0 Å². The molecule has 2 fully saturated rings. The van der Waals surface area contributed by atoms with E-state index in [9.17, 15) is 18.8 Å². The molecule has 2 aliphatic rings. The first-order valence-corrected chi connectivity index (χ1v) is 8.09. The van der Waals surface area contributed by atoms with Crippen LogP contribution < -0.4 is 5.32 Å². The maximum Gasteiger partial charge on any atom is 0.226 e. The van der Waals surface area contributed by atoms with Crippen molar-refractivity contribution in [3.8, 4) is 0 Å². The fraction of sp³-hybridized carbons (Fsp3) is 0.471.